The molecule has 2 amide bonds. The van der Waals surface area contributed by atoms with Crippen molar-refractivity contribution in [3.8, 4) is 0 Å². The van der Waals surface area contributed by atoms with Gasteiger partial charge in [0, 0.05) is 25.4 Å². The number of carbonyl (C=O) groups is 3. The zero-order valence-electron chi connectivity index (χ0n) is 11.5. The number of carboxylic acid groups (broad SMARTS) is 1. The molecule has 0 spiro atoms. The minimum atomic E-state index is -0.983. The van der Waals surface area contributed by atoms with Crippen LogP contribution in [0.4, 0.5) is 0 Å². The van der Waals surface area contributed by atoms with Gasteiger partial charge in [0.2, 0.25) is 11.8 Å². The van der Waals surface area contributed by atoms with E-state index < -0.39 is 11.4 Å². The Morgan fingerprint density at radius 1 is 1.42 bits per heavy atom. The highest BCUT2D eigenvalue weighted by molar-refractivity contribution is 5.85. The molecule has 0 aromatic heterocycles. The van der Waals surface area contributed by atoms with Crippen molar-refractivity contribution in [3.63, 3.8) is 0 Å². The molecule has 1 saturated heterocycles. The van der Waals surface area contributed by atoms with Crippen LogP contribution in [0.25, 0.3) is 0 Å². The van der Waals surface area contributed by atoms with Crippen molar-refractivity contribution >= 4 is 17.8 Å². The van der Waals surface area contributed by atoms with E-state index in [4.69, 9.17) is 0 Å². The Morgan fingerprint density at radius 2 is 2.05 bits per heavy atom. The lowest BCUT2D eigenvalue weighted by atomic mass is 9.79. The van der Waals surface area contributed by atoms with Gasteiger partial charge in [-0.25, -0.2) is 0 Å². The fourth-order valence-electron chi connectivity index (χ4n) is 2.32. The summed E-state index contributed by atoms with van der Waals surface area (Å²) < 4.78 is 0. The maximum Gasteiger partial charge on any atom is 0.310 e. The van der Waals surface area contributed by atoms with Gasteiger partial charge in [0.15, 0.2) is 0 Å². The number of carbonyl (C=O) groups excluding carboxylic acids is 2. The van der Waals surface area contributed by atoms with E-state index in [1.54, 1.807) is 13.8 Å². The first-order valence-electron chi connectivity index (χ1n) is 6.73. The second-order valence-electron chi connectivity index (χ2n) is 5.08. The first-order valence-corrected chi connectivity index (χ1v) is 6.73. The summed E-state index contributed by atoms with van der Waals surface area (Å²) in [6, 6.07) is -0.0288. The number of aliphatic carboxylic acids is 1. The highest BCUT2D eigenvalue weighted by atomic mass is 16.4. The van der Waals surface area contributed by atoms with Crippen molar-refractivity contribution in [2.45, 2.75) is 52.0 Å². The van der Waals surface area contributed by atoms with Gasteiger partial charge in [-0.05, 0) is 19.3 Å². The van der Waals surface area contributed by atoms with Crippen LogP contribution in [0.3, 0.4) is 0 Å². The maximum atomic E-state index is 11.8. The maximum absolute atomic E-state index is 11.8. The summed E-state index contributed by atoms with van der Waals surface area (Å²) in [5, 5.41) is 14.7. The van der Waals surface area contributed by atoms with Gasteiger partial charge in [-0.1, -0.05) is 13.8 Å². The Balaban J connectivity index is 2.45. The van der Waals surface area contributed by atoms with Gasteiger partial charge in [0.1, 0.15) is 0 Å². The number of nitrogens with one attached hydrogen (secondary N) is 2. The van der Waals surface area contributed by atoms with E-state index in [0.717, 1.165) is 0 Å². The standard InChI is InChI=1S/C13H22N2O4/c1-3-13(4-2,12(18)19)7-11(17)14-8-9-5-6-10(16)15-9/h9H,3-8H2,1-2H3,(H,14,17)(H,15,16)(H,18,19). The summed E-state index contributed by atoms with van der Waals surface area (Å²) in [5.74, 6) is -1.20. The Morgan fingerprint density at radius 3 is 2.47 bits per heavy atom. The van der Waals surface area contributed by atoms with Gasteiger partial charge in [0.05, 0.1) is 5.41 Å². The first kappa shape index (κ1) is 15.5. The number of hydrogen-bond donors (Lipinski definition) is 3. The topological polar surface area (TPSA) is 95.5 Å². The van der Waals surface area contributed by atoms with E-state index in [-0.39, 0.29) is 24.3 Å². The number of hydrogen-bond acceptors (Lipinski definition) is 3. The van der Waals surface area contributed by atoms with E-state index in [2.05, 4.69) is 10.6 Å². The lowest BCUT2D eigenvalue weighted by molar-refractivity contribution is -0.152. The third-order valence-electron chi connectivity index (χ3n) is 3.94. The Labute approximate surface area is 112 Å². The van der Waals surface area contributed by atoms with Crippen LogP contribution >= 0.6 is 0 Å². The van der Waals surface area contributed by atoms with Crippen LogP contribution in [0.1, 0.15) is 46.0 Å². The summed E-state index contributed by atoms with van der Waals surface area (Å²) >= 11 is 0. The summed E-state index contributed by atoms with van der Waals surface area (Å²) in [7, 11) is 0. The lowest BCUT2D eigenvalue weighted by Crippen LogP contribution is -2.42. The minimum Gasteiger partial charge on any atom is -0.481 e. The molecule has 1 unspecified atom stereocenters. The molecule has 0 saturated carbocycles. The van der Waals surface area contributed by atoms with Crippen LogP contribution in [0.15, 0.2) is 0 Å². The normalized spacial score (nSPS) is 19.1. The first-order chi connectivity index (χ1) is 8.93. The molecule has 6 nitrogen and oxygen atoms in total. The fourth-order valence-corrected chi connectivity index (χ4v) is 2.32. The second kappa shape index (κ2) is 6.54. The summed E-state index contributed by atoms with van der Waals surface area (Å²) in [5.41, 5.74) is -0.983. The molecule has 1 aliphatic heterocycles. The molecule has 1 atom stereocenters. The molecule has 0 aliphatic carbocycles. The summed E-state index contributed by atoms with van der Waals surface area (Å²) in [4.78, 5) is 34.1. The van der Waals surface area contributed by atoms with Crippen LogP contribution in [0.2, 0.25) is 0 Å². The molecule has 0 aromatic rings. The van der Waals surface area contributed by atoms with Gasteiger partial charge in [-0.15, -0.1) is 0 Å². The quantitative estimate of drug-likeness (QED) is 0.633. The van der Waals surface area contributed by atoms with Crippen molar-refractivity contribution in [2.75, 3.05) is 6.54 Å². The largest absolute Gasteiger partial charge is 0.481 e. The van der Waals surface area contributed by atoms with E-state index in [1.807, 2.05) is 0 Å². The third kappa shape index (κ3) is 3.94. The Hall–Kier alpha value is -1.59. The predicted octanol–water partition coefficient (Wildman–Crippen LogP) is 0.662. The molecule has 108 valence electrons. The molecule has 1 rings (SSSR count). The Bertz CT molecular complexity index is 364. The molecule has 0 radical (unpaired) electrons. The SMILES string of the molecule is CCC(CC)(CC(=O)NCC1CCC(=O)N1)C(=O)O. The smallest absolute Gasteiger partial charge is 0.310 e. The number of rotatable bonds is 7. The Kier molecular flexibility index (Phi) is 5.32. The summed E-state index contributed by atoms with van der Waals surface area (Å²) in [6.45, 7) is 3.93. The van der Waals surface area contributed by atoms with E-state index in [0.29, 0.717) is 32.2 Å². The molecule has 1 fully saturated rings. The average Bonchev–Trinajstić information content (AvgIpc) is 2.79. The van der Waals surface area contributed by atoms with Crippen LogP contribution in [-0.2, 0) is 14.4 Å². The number of amides is 2. The molecule has 0 bridgehead atoms. The highest BCUT2D eigenvalue weighted by Crippen LogP contribution is 2.30. The van der Waals surface area contributed by atoms with Crippen molar-refractivity contribution in [1.82, 2.24) is 10.6 Å². The van der Waals surface area contributed by atoms with Crippen LogP contribution in [0.5, 0.6) is 0 Å². The predicted molar refractivity (Wildman–Crippen MR) is 69.4 cm³/mol. The molecule has 1 aliphatic rings. The van der Waals surface area contributed by atoms with Crippen LogP contribution < -0.4 is 10.6 Å². The molecule has 1 heterocycles. The van der Waals surface area contributed by atoms with Crippen molar-refractivity contribution in [2.24, 2.45) is 5.41 Å². The van der Waals surface area contributed by atoms with Gasteiger partial charge < -0.3 is 15.7 Å². The highest BCUT2D eigenvalue weighted by Gasteiger charge is 2.37. The second-order valence-corrected chi connectivity index (χ2v) is 5.08. The fraction of sp³-hybridized carbons (Fsp3) is 0.769. The molecular weight excluding hydrogens is 248 g/mol. The molecule has 0 aromatic carbocycles. The number of carboxylic acids is 1. The van der Waals surface area contributed by atoms with Crippen molar-refractivity contribution < 1.29 is 19.5 Å². The lowest BCUT2D eigenvalue weighted by Gasteiger charge is -2.26. The third-order valence-corrected chi connectivity index (χ3v) is 3.94. The molecule has 3 N–H and O–H groups in total. The molecular formula is C13H22N2O4. The van der Waals surface area contributed by atoms with E-state index in [9.17, 15) is 19.5 Å². The molecule has 19 heavy (non-hydrogen) atoms. The molecule has 6 heteroatoms. The zero-order chi connectivity index (χ0) is 14.5. The van der Waals surface area contributed by atoms with Gasteiger partial charge in [0.25, 0.3) is 0 Å². The average molecular weight is 270 g/mol. The summed E-state index contributed by atoms with van der Waals surface area (Å²) in [6.07, 6.45) is 2.03. The van der Waals surface area contributed by atoms with Gasteiger partial charge >= 0.3 is 5.97 Å². The van der Waals surface area contributed by atoms with Crippen molar-refractivity contribution in [1.29, 1.82) is 0 Å². The van der Waals surface area contributed by atoms with Crippen LogP contribution in [0, 0.1) is 5.41 Å². The monoisotopic (exact) mass is 270 g/mol. The minimum absolute atomic E-state index is 0.00116. The van der Waals surface area contributed by atoms with Gasteiger partial charge in [-0.2, -0.15) is 0 Å². The van der Waals surface area contributed by atoms with Gasteiger partial charge in [-0.3, -0.25) is 14.4 Å². The zero-order valence-corrected chi connectivity index (χ0v) is 11.5. The van der Waals surface area contributed by atoms with Crippen LogP contribution in [-0.4, -0.2) is 35.5 Å². The van der Waals surface area contributed by atoms with E-state index in [1.165, 1.54) is 0 Å². The van der Waals surface area contributed by atoms with E-state index >= 15 is 0 Å². The van der Waals surface area contributed by atoms with Crippen molar-refractivity contribution in [3.05, 3.63) is 0 Å².